The quantitative estimate of drug-likeness (QED) is 0.533. The highest BCUT2D eigenvalue weighted by molar-refractivity contribution is 5.81. The van der Waals surface area contributed by atoms with Crippen LogP contribution in [0.5, 0.6) is 5.75 Å². The van der Waals surface area contributed by atoms with Gasteiger partial charge in [0.1, 0.15) is 5.75 Å². The van der Waals surface area contributed by atoms with E-state index in [0.717, 1.165) is 22.2 Å². The molecule has 0 fully saturated rings. The van der Waals surface area contributed by atoms with Crippen LogP contribution in [0.4, 0.5) is 0 Å². The topological polar surface area (TPSA) is 101 Å². The lowest BCUT2D eigenvalue weighted by Crippen LogP contribution is -2.29. The van der Waals surface area contributed by atoms with Crippen molar-refractivity contribution in [3.63, 3.8) is 0 Å². The second-order valence-corrected chi connectivity index (χ2v) is 6.96. The van der Waals surface area contributed by atoms with Crippen LogP contribution in [-0.2, 0) is 13.0 Å². The van der Waals surface area contributed by atoms with Gasteiger partial charge in [-0.05, 0) is 61.6 Å². The number of fused-ring (bicyclic) bond motifs is 2. The van der Waals surface area contributed by atoms with Gasteiger partial charge >= 0.3 is 5.69 Å². The van der Waals surface area contributed by atoms with Gasteiger partial charge in [0, 0.05) is 6.54 Å². The van der Waals surface area contributed by atoms with Crippen LogP contribution in [0.15, 0.2) is 46.0 Å². The van der Waals surface area contributed by atoms with Crippen LogP contribution in [0.25, 0.3) is 22.6 Å². The van der Waals surface area contributed by atoms with Gasteiger partial charge in [0.2, 0.25) is 0 Å². The molecule has 2 aliphatic rings. The second-order valence-electron chi connectivity index (χ2n) is 6.96. The van der Waals surface area contributed by atoms with Crippen molar-refractivity contribution in [3.05, 3.63) is 73.9 Å². The standard InChI is InChI=1S/C21H20N4O3/c1-12-10-15-16(11-13(12)2)25(9-5-7-14-6-3-4-8-17(14)26)19-18(22-15)20(27)24-21(28)23-19/h3-4,6,8,10-11,26H,5,7,9H2,1-2H3,(H,24,27,28). The fraction of sp³-hybridized carbons (Fsp3) is 0.238. The van der Waals surface area contributed by atoms with Crippen molar-refractivity contribution < 1.29 is 5.11 Å². The van der Waals surface area contributed by atoms with Gasteiger partial charge < -0.3 is 9.67 Å². The monoisotopic (exact) mass is 376 g/mol. The maximum Gasteiger partial charge on any atom is 0.349 e. The van der Waals surface area contributed by atoms with Crippen LogP contribution < -0.4 is 11.2 Å². The molecule has 0 aromatic heterocycles. The highest BCUT2D eigenvalue weighted by Gasteiger charge is 2.19. The summed E-state index contributed by atoms with van der Waals surface area (Å²) in [5.74, 6) is 0.543. The van der Waals surface area contributed by atoms with E-state index in [-0.39, 0.29) is 17.3 Å². The summed E-state index contributed by atoms with van der Waals surface area (Å²) in [6.45, 7) is 4.53. The molecule has 0 bridgehead atoms. The fourth-order valence-corrected chi connectivity index (χ4v) is 3.43. The minimum absolute atomic E-state index is 0.151. The zero-order valence-corrected chi connectivity index (χ0v) is 15.7. The number of hydrogen-bond donors (Lipinski definition) is 2. The summed E-state index contributed by atoms with van der Waals surface area (Å²) in [4.78, 5) is 34.8. The molecule has 142 valence electrons. The smallest absolute Gasteiger partial charge is 0.349 e. The molecule has 2 aromatic rings. The van der Waals surface area contributed by atoms with Crippen LogP contribution in [-0.4, -0.2) is 24.6 Å². The molecular weight excluding hydrogens is 356 g/mol. The third-order valence-electron chi connectivity index (χ3n) is 5.04. The van der Waals surface area contributed by atoms with Crippen molar-refractivity contribution in [2.75, 3.05) is 0 Å². The molecule has 0 radical (unpaired) electrons. The first-order valence-electron chi connectivity index (χ1n) is 9.13. The summed E-state index contributed by atoms with van der Waals surface area (Å²) in [7, 11) is 0. The first-order chi connectivity index (χ1) is 13.4. The SMILES string of the molecule is Cc1cc2nc3c(=O)[nH]c(=O)nc-3n(CCCc3ccccc3O)c2cc1C. The van der Waals surface area contributed by atoms with E-state index in [1.807, 2.05) is 42.7 Å². The number of aromatic hydroxyl groups is 1. The molecule has 0 amide bonds. The van der Waals surface area contributed by atoms with Crippen LogP contribution in [0.1, 0.15) is 23.1 Å². The Bertz CT molecular complexity index is 1270. The van der Waals surface area contributed by atoms with E-state index in [1.165, 1.54) is 0 Å². The van der Waals surface area contributed by atoms with Crippen LogP contribution in [0.3, 0.4) is 0 Å². The van der Waals surface area contributed by atoms with Crippen molar-refractivity contribution in [3.8, 4) is 17.3 Å². The molecule has 2 aromatic carbocycles. The molecule has 0 spiro atoms. The van der Waals surface area contributed by atoms with Crippen LogP contribution >= 0.6 is 0 Å². The number of H-pyrrole nitrogens is 1. The summed E-state index contributed by atoms with van der Waals surface area (Å²) >= 11 is 0. The normalized spacial score (nSPS) is 11.4. The van der Waals surface area contributed by atoms with E-state index in [1.54, 1.807) is 12.1 Å². The molecule has 2 aliphatic heterocycles. The number of aromatic amines is 1. The van der Waals surface area contributed by atoms with Crippen molar-refractivity contribution in [2.45, 2.75) is 33.2 Å². The molecule has 0 saturated carbocycles. The highest BCUT2D eigenvalue weighted by atomic mass is 16.3. The lowest BCUT2D eigenvalue weighted by Gasteiger charge is -2.18. The average molecular weight is 376 g/mol. The molecule has 2 N–H and O–H groups in total. The van der Waals surface area contributed by atoms with Gasteiger partial charge in [0.05, 0.1) is 11.0 Å². The molecule has 0 unspecified atom stereocenters. The Morgan fingerprint density at radius 1 is 1.07 bits per heavy atom. The third kappa shape index (κ3) is 3.15. The minimum Gasteiger partial charge on any atom is -0.508 e. The second kappa shape index (κ2) is 6.92. The van der Waals surface area contributed by atoms with E-state index in [0.29, 0.717) is 24.9 Å². The van der Waals surface area contributed by atoms with Crippen molar-refractivity contribution in [2.24, 2.45) is 0 Å². The lowest BCUT2D eigenvalue weighted by molar-refractivity contribution is 0.466. The highest BCUT2D eigenvalue weighted by Crippen LogP contribution is 2.25. The summed E-state index contributed by atoms with van der Waals surface area (Å²) in [6.07, 6.45) is 1.36. The number of hydrogen-bond acceptors (Lipinski definition) is 5. The largest absolute Gasteiger partial charge is 0.508 e. The molecule has 7 heteroatoms. The first kappa shape index (κ1) is 17.9. The summed E-state index contributed by atoms with van der Waals surface area (Å²) in [6, 6.07) is 11.2. The van der Waals surface area contributed by atoms with E-state index in [9.17, 15) is 14.7 Å². The minimum atomic E-state index is -0.683. The Balaban J connectivity index is 1.83. The maximum absolute atomic E-state index is 12.3. The van der Waals surface area contributed by atoms with Crippen LogP contribution in [0, 0.1) is 13.8 Å². The number of nitrogens with zero attached hydrogens (tertiary/aromatic N) is 3. The number of aryl methyl sites for hydroxylation is 4. The number of benzene rings is 2. The van der Waals surface area contributed by atoms with Gasteiger partial charge in [-0.1, -0.05) is 18.2 Å². The van der Waals surface area contributed by atoms with Gasteiger partial charge in [-0.25, -0.2) is 9.78 Å². The Hall–Kier alpha value is -3.48. The molecule has 0 atom stereocenters. The lowest BCUT2D eigenvalue weighted by atomic mass is 10.1. The summed E-state index contributed by atoms with van der Waals surface area (Å²) < 4.78 is 1.88. The van der Waals surface area contributed by atoms with E-state index in [4.69, 9.17) is 0 Å². The van der Waals surface area contributed by atoms with Crippen molar-refractivity contribution >= 4 is 11.0 Å². The predicted octanol–water partition coefficient (Wildman–Crippen LogP) is 2.54. The Morgan fingerprint density at radius 2 is 1.82 bits per heavy atom. The predicted molar refractivity (Wildman–Crippen MR) is 107 cm³/mol. The number of rotatable bonds is 4. The molecule has 28 heavy (non-hydrogen) atoms. The number of phenols is 1. The van der Waals surface area contributed by atoms with E-state index in [2.05, 4.69) is 15.0 Å². The van der Waals surface area contributed by atoms with E-state index >= 15 is 0 Å². The van der Waals surface area contributed by atoms with E-state index < -0.39 is 11.2 Å². The third-order valence-corrected chi connectivity index (χ3v) is 5.04. The number of aromatic nitrogens is 4. The number of phenolic OH excluding ortho intramolecular Hbond substituents is 1. The van der Waals surface area contributed by atoms with Crippen LogP contribution in [0.2, 0.25) is 0 Å². The Kier molecular flexibility index (Phi) is 4.43. The zero-order chi connectivity index (χ0) is 19.8. The van der Waals surface area contributed by atoms with Gasteiger partial charge in [-0.3, -0.25) is 9.78 Å². The molecular formula is C21H20N4O3. The molecule has 4 rings (SSSR count). The van der Waals surface area contributed by atoms with Gasteiger partial charge in [-0.15, -0.1) is 0 Å². The summed E-state index contributed by atoms with van der Waals surface area (Å²) in [5.41, 5.74) is 3.46. The van der Waals surface area contributed by atoms with Crippen molar-refractivity contribution in [1.29, 1.82) is 0 Å². The van der Waals surface area contributed by atoms with Gasteiger partial charge in [0.15, 0.2) is 11.5 Å². The van der Waals surface area contributed by atoms with Gasteiger partial charge in [-0.2, -0.15) is 4.98 Å². The summed E-state index contributed by atoms with van der Waals surface area (Å²) in [5, 5.41) is 9.98. The van der Waals surface area contributed by atoms with Crippen molar-refractivity contribution in [1.82, 2.24) is 19.5 Å². The Labute approximate surface area is 160 Å². The Morgan fingerprint density at radius 3 is 2.61 bits per heavy atom. The zero-order valence-electron chi connectivity index (χ0n) is 15.7. The molecule has 7 nitrogen and oxygen atoms in total. The molecule has 0 saturated heterocycles. The maximum atomic E-state index is 12.3. The average Bonchev–Trinajstić information content (AvgIpc) is 2.65. The number of nitrogens with one attached hydrogen (secondary N) is 1. The fourth-order valence-electron chi connectivity index (χ4n) is 3.43. The molecule has 0 aliphatic carbocycles. The molecule has 2 heterocycles. The number of para-hydroxylation sites is 1. The first-order valence-corrected chi connectivity index (χ1v) is 9.13. The van der Waals surface area contributed by atoms with Gasteiger partial charge in [0.25, 0.3) is 5.56 Å².